The molecule has 0 amide bonds. The Bertz CT molecular complexity index is 747. The molecule has 8 aliphatic heterocycles. The Morgan fingerprint density at radius 2 is 0.755 bits per heavy atom. The summed E-state index contributed by atoms with van der Waals surface area (Å²) in [4.78, 5) is 0. The first-order valence-electron chi connectivity index (χ1n) is 21.1. The Labute approximate surface area is 315 Å². The molecule has 8 nitrogen and oxygen atoms in total. The summed E-state index contributed by atoms with van der Waals surface area (Å²) < 4.78 is 0. The number of rotatable bonds is 8. The van der Waals surface area contributed by atoms with Crippen molar-refractivity contribution < 1.29 is 19.5 Å². The van der Waals surface area contributed by atoms with Crippen LogP contribution < -0.4 is 31.9 Å². The molecule has 7 fully saturated rings. The summed E-state index contributed by atoms with van der Waals surface area (Å²) in [5, 5.41) is 30.0. The largest absolute Gasteiger partial charge is 2.00 e. The van der Waals surface area contributed by atoms with E-state index in [1.165, 1.54) is 181 Å². The maximum absolute atomic E-state index is 5.14. The van der Waals surface area contributed by atoms with Gasteiger partial charge in [0.25, 0.3) is 0 Å². The van der Waals surface area contributed by atoms with Gasteiger partial charge < -0.3 is 42.5 Å². The predicted molar refractivity (Wildman–Crippen MR) is 205 cm³/mol. The van der Waals surface area contributed by atoms with Gasteiger partial charge in [0.2, 0.25) is 0 Å². The molecule has 0 aromatic heterocycles. The Morgan fingerprint density at radius 3 is 1.04 bits per heavy atom. The van der Waals surface area contributed by atoms with E-state index in [9.17, 15) is 0 Å². The molecule has 8 aliphatic rings. The van der Waals surface area contributed by atoms with Crippen LogP contribution in [0.15, 0.2) is 12.2 Å². The minimum Gasteiger partial charge on any atom is -0.657 e. The molecule has 6 N–H and O–H groups in total. The summed E-state index contributed by atoms with van der Waals surface area (Å²) >= 11 is 0. The van der Waals surface area contributed by atoms with E-state index in [1.807, 2.05) is 0 Å². The molecule has 8 heterocycles. The molecule has 7 saturated heterocycles. The van der Waals surface area contributed by atoms with Crippen LogP contribution in [0.5, 0.6) is 0 Å². The van der Waals surface area contributed by atoms with Crippen molar-refractivity contribution in [1.82, 2.24) is 31.9 Å². The Kier molecular flexibility index (Phi) is 22.1. The van der Waals surface area contributed by atoms with E-state index in [0.29, 0.717) is 12.1 Å². The van der Waals surface area contributed by atoms with E-state index < -0.39 is 0 Å². The number of nitrogens with zero attached hydrogens (tertiary/aromatic N) is 2. The minimum atomic E-state index is 0. The van der Waals surface area contributed by atoms with Crippen molar-refractivity contribution in [2.75, 3.05) is 78.5 Å². The molecular formula is C40H76N8Zn. The van der Waals surface area contributed by atoms with Gasteiger partial charge in [0.1, 0.15) is 0 Å². The van der Waals surface area contributed by atoms with Crippen molar-refractivity contribution in [2.45, 2.75) is 140 Å². The van der Waals surface area contributed by atoms with Crippen LogP contribution in [-0.2, 0) is 19.5 Å². The van der Waals surface area contributed by atoms with Gasteiger partial charge in [-0.3, -0.25) is 0 Å². The first-order valence-corrected chi connectivity index (χ1v) is 21.1. The quantitative estimate of drug-likeness (QED) is 0.138. The van der Waals surface area contributed by atoms with Crippen molar-refractivity contribution in [3.63, 3.8) is 0 Å². The first-order chi connectivity index (χ1) is 23.8. The molecule has 4 unspecified atom stereocenters. The Balaban J connectivity index is 0.000000158. The van der Waals surface area contributed by atoms with Crippen LogP contribution >= 0.6 is 0 Å². The first kappa shape index (κ1) is 41.8. The molecule has 0 saturated carbocycles. The molecule has 0 aliphatic carbocycles. The van der Waals surface area contributed by atoms with E-state index in [2.05, 4.69) is 49.4 Å². The molecule has 0 bridgehead atoms. The maximum Gasteiger partial charge on any atom is 2.00 e. The third kappa shape index (κ3) is 17.6. The van der Waals surface area contributed by atoms with Crippen LogP contribution in [0.25, 0.3) is 10.6 Å². The van der Waals surface area contributed by atoms with E-state index in [0.717, 1.165) is 48.8 Å². The number of nitrogens with one attached hydrogen (secondary N) is 6. The second-order valence-corrected chi connectivity index (χ2v) is 16.4. The monoisotopic (exact) mass is 733 g/mol. The molecule has 49 heavy (non-hydrogen) atoms. The molecule has 0 radical (unpaired) electrons. The van der Waals surface area contributed by atoms with Crippen LogP contribution in [0, 0.1) is 23.7 Å². The summed E-state index contributed by atoms with van der Waals surface area (Å²) in [5.74, 6) is 3.91. The van der Waals surface area contributed by atoms with Gasteiger partial charge in [-0.05, 0) is 179 Å². The number of piperidine rings is 4. The fourth-order valence-electron chi connectivity index (χ4n) is 9.52. The van der Waals surface area contributed by atoms with Gasteiger partial charge in [0.15, 0.2) is 0 Å². The maximum atomic E-state index is 5.14. The van der Waals surface area contributed by atoms with Gasteiger partial charge >= 0.3 is 19.5 Å². The zero-order valence-corrected chi connectivity index (χ0v) is 34.6. The Hall–Kier alpha value is 0.0434. The summed E-state index contributed by atoms with van der Waals surface area (Å²) in [7, 11) is 0. The molecule has 0 aromatic carbocycles. The normalized spacial score (nSPS) is 31.5. The summed E-state index contributed by atoms with van der Waals surface area (Å²) in [6.45, 7) is 14.3. The smallest absolute Gasteiger partial charge is 0.657 e. The summed E-state index contributed by atoms with van der Waals surface area (Å²) in [6, 6.07) is 3.12. The molecule has 4 atom stereocenters. The SMILES string of the molecule is C1=CC[N-]C1.C1CC(CC2CCC(CC3CCNCC3)[N-]2)CCN1.C1CNC(CC2CCNCC2)C1.C1CNC(CC2CCNCC2)C1.[Zn+2]. The second kappa shape index (κ2) is 25.9. The third-order valence-electron chi connectivity index (χ3n) is 12.5. The molecule has 0 aromatic rings. The van der Waals surface area contributed by atoms with Crippen molar-refractivity contribution in [2.24, 2.45) is 23.7 Å². The average Bonchev–Trinajstić information content (AvgIpc) is 3.99. The van der Waals surface area contributed by atoms with E-state index >= 15 is 0 Å². The van der Waals surface area contributed by atoms with Crippen molar-refractivity contribution >= 4 is 0 Å². The molecule has 8 rings (SSSR count). The molecule has 9 heteroatoms. The van der Waals surface area contributed by atoms with Gasteiger partial charge in [-0.25, -0.2) is 0 Å². The predicted octanol–water partition coefficient (Wildman–Crippen LogP) is 5.85. The van der Waals surface area contributed by atoms with E-state index in [4.69, 9.17) is 5.32 Å². The zero-order valence-electron chi connectivity index (χ0n) is 31.6. The van der Waals surface area contributed by atoms with Crippen molar-refractivity contribution in [3.05, 3.63) is 22.8 Å². The number of hydrogen-bond acceptors (Lipinski definition) is 6. The van der Waals surface area contributed by atoms with Gasteiger partial charge in [0, 0.05) is 12.1 Å². The fraction of sp³-hybridized carbons (Fsp3) is 0.950. The van der Waals surface area contributed by atoms with E-state index in [-0.39, 0.29) is 19.5 Å². The fourth-order valence-corrected chi connectivity index (χ4v) is 9.52. The molecule has 278 valence electrons. The topological polar surface area (TPSA) is 100 Å². The van der Waals surface area contributed by atoms with Crippen LogP contribution in [0.3, 0.4) is 0 Å². The van der Waals surface area contributed by atoms with Gasteiger partial charge in [-0.2, -0.15) is 0 Å². The standard InChI is InChI=1S/C16H30N3.2C10H20N2.C4H6N.Zn/c1-2-16(12-14-5-9-18-10-6-14)19-15(1)11-13-3-7-17-8-4-13;2*1-2-10(12-5-1)8-9-3-6-11-7-4-9;1-2-4-5-3-1;/h13-18H,1-12H2;2*9-12H,1-8H2;1-2H,3-4H2;/q-1;;;-1;+2. The van der Waals surface area contributed by atoms with Crippen molar-refractivity contribution in [3.8, 4) is 0 Å². The summed E-state index contributed by atoms with van der Waals surface area (Å²) in [5.41, 5.74) is 0. The second-order valence-electron chi connectivity index (χ2n) is 16.4. The van der Waals surface area contributed by atoms with Crippen molar-refractivity contribution in [1.29, 1.82) is 0 Å². The van der Waals surface area contributed by atoms with Gasteiger partial charge in [0.05, 0.1) is 0 Å². The van der Waals surface area contributed by atoms with Crippen LogP contribution in [0.2, 0.25) is 0 Å². The van der Waals surface area contributed by atoms with E-state index in [1.54, 1.807) is 0 Å². The number of hydrogen-bond donors (Lipinski definition) is 6. The molecule has 0 spiro atoms. The van der Waals surface area contributed by atoms with Crippen LogP contribution in [0.4, 0.5) is 0 Å². The third-order valence-corrected chi connectivity index (χ3v) is 12.5. The zero-order chi connectivity index (χ0) is 32.9. The summed E-state index contributed by atoms with van der Waals surface area (Å²) in [6.07, 6.45) is 29.3. The van der Waals surface area contributed by atoms with Crippen LogP contribution in [-0.4, -0.2) is 103 Å². The average molecular weight is 734 g/mol. The van der Waals surface area contributed by atoms with Crippen LogP contribution in [0.1, 0.15) is 116 Å². The van der Waals surface area contributed by atoms with Gasteiger partial charge in [-0.15, -0.1) is 37.3 Å². The molecular weight excluding hydrogens is 658 g/mol. The van der Waals surface area contributed by atoms with Gasteiger partial charge in [-0.1, -0.05) is 25.7 Å². The Morgan fingerprint density at radius 1 is 0.408 bits per heavy atom. The minimum absolute atomic E-state index is 0.